The number of carbonyl (C=O) groups is 1. The van der Waals surface area contributed by atoms with Crippen LogP contribution in [0.4, 0.5) is 0 Å². The van der Waals surface area contributed by atoms with Crippen molar-refractivity contribution in [2.75, 3.05) is 14.1 Å². The monoisotopic (exact) mass is 389 g/mol. The van der Waals surface area contributed by atoms with Gasteiger partial charge in [0.25, 0.3) is 0 Å². The first-order chi connectivity index (χ1) is 13.4. The Hall–Kier alpha value is -1.13. The first kappa shape index (κ1) is 21.6. The number of hydrogen-bond acceptors (Lipinski definition) is 3. The molecule has 0 saturated heterocycles. The number of fused-ring (bicyclic) bond motifs is 1. The van der Waals surface area contributed by atoms with Crippen molar-refractivity contribution >= 4 is 5.91 Å². The average Bonchev–Trinajstić information content (AvgIpc) is 3.34. The summed E-state index contributed by atoms with van der Waals surface area (Å²) in [7, 11) is 3.62. The van der Waals surface area contributed by atoms with Gasteiger partial charge in [-0.15, -0.1) is 0 Å². The Morgan fingerprint density at radius 2 is 2.04 bits per heavy atom. The fourth-order valence-corrected chi connectivity index (χ4v) is 5.57. The average molecular weight is 390 g/mol. The number of nitrogens with zero attached hydrogens (tertiary/aromatic N) is 1. The third kappa shape index (κ3) is 5.70. The first-order valence-corrected chi connectivity index (χ1v) is 11.4. The zero-order chi connectivity index (χ0) is 20.1. The van der Waals surface area contributed by atoms with Crippen molar-refractivity contribution in [3.05, 3.63) is 23.8 Å². The van der Waals surface area contributed by atoms with E-state index in [0.29, 0.717) is 24.2 Å². The van der Waals surface area contributed by atoms with Gasteiger partial charge in [-0.1, -0.05) is 49.5 Å². The molecule has 3 rings (SSSR count). The van der Waals surface area contributed by atoms with Crippen LogP contribution in [-0.2, 0) is 4.79 Å². The quantitative estimate of drug-likeness (QED) is 0.461. The number of rotatable bonds is 9. The molecule has 0 spiro atoms. The van der Waals surface area contributed by atoms with Gasteiger partial charge in [0.1, 0.15) is 0 Å². The zero-order valence-corrected chi connectivity index (χ0v) is 17.7. The summed E-state index contributed by atoms with van der Waals surface area (Å²) in [5.41, 5.74) is 1.50. The molecular weight excluding hydrogens is 350 g/mol. The highest BCUT2D eigenvalue weighted by atomic mass is 16.3. The van der Waals surface area contributed by atoms with Crippen molar-refractivity contribution in [3.8, 4) is 0 Å². The largest absolute Gasteiger partial charge is 0.392 e. The molecule has 1 amide bonds. The maximum absolute atomic E-state index is 11.7. The van der Waals surface area contributed by atoms with E-state index in [0.717, 1.165) is 38.5 Å². The summed E-state index contributed by atoms with van der Waals surface area (Å²) in [4.78, 5) is 13.3. The van der Waals surface area contributed by atoms with Gasteiger partial charge in [-0.2, -0.15) is 0 Å². The number of allylic oxidation sites excluding steroid dienone is 2. The van der Waals surface area contributed by atoms with Gasteiger partial charge >= 0.3 is 0 Å². The van der Waals surface area contributed by atoms with Gasteiger partial charge in [0.2, 0.25) is 5.91 Å². The molecule has 5 atom stereocenters. The standard InChI is InChI=1S/C24H39NO3/c1-25(2)24(28)10-6-5-9-18-13-19-16-23(27)21(22(19)15-18)12-11-20(26)14-17-7-3-4-8-17/h11-13,17,19-23,26-27H,3-10,14-16H2,1-2H3/b12-11+/t19-,20-,21+,22-,23+/m0/s1. The highest BCUT2D eigenvalue weighted by Crippen LogP contribution is 2.48. The van der Waals surface area contributed by atoms with Crippen molar-refractivity contribution in [1.29, 1.82) is 0 Å². The molecule has 4 heteroatoms. The van der Waals surface area contributed by atoms with Gasteiger partial charge < -0.3 is 15.1 Å². The van der Waals surface area contributed by atoms with Crippen molar-refractivity contribution in [3.63, 3.8) is 0 Å². The molecule has 2 saturated carbocycles. The molecule has 0 unspecified atom stereocenters. The fourth-order valence-electron chi connectivity index (χ4n) is 5.57. The Kier molecular flexibility index (Phi) is 7.76. The smallest absolute Gasteiger partial charge is 0.222 e. The number of aliphatic hydroxyl groups excluding tert-OH is 2. The SMILES string of the molecule is CN(C)C(=O)CCCCC1=C[C@H]2C[C@@H](O)[C@H](/C=C/[C@H](O)CC3CCCC3)[C@H]2C1. The third-order valence-corrected chi connectivity index (χ3v) is 7.19. The maximum atomic E-state index is 11.7. The lowest BCUT2D eigenvalue weighted by Gasteiger charge is -2.19. The molecule has 0 heterocycles. The van der Waals surface area contributed by atoms with Crippen LogP contribution in [0.1, 0.15) is 70.6 Å². The van der Waals surface area contributed by atoms with Crippen molar-refractivity contribution in [1.82, 2.24) is 4.90 Å². The summed E-state index contributed by atoms with van der Waals surface area (Å²) in [6.07, 6.45) is 17.5. The summed E-state index contributed by atoms with van der Waals surface area (Å²) in [5.74, 6) is 2.03. The summed E-state index contributed by atoms with van der Waals surface area (Å²) in [6.45, 7) is 0. The predicted octanol–water partition coefficient (Wildman–Crippen LogP) is 4.08. The lowest BCUT2D eigenvalue weighted by Crippen LogP contribution is -2.21. The molecule has 0 aromatic carbocycles. The molecule has 2 fully saturated rings. The molecule has 28 heavy (non-hydrogen) atoms. The second-order valence-corrected chi connectivity index (χ2v) is 9.57. The van der Waals surface area contributed by atoms with E-state index >= 15 is 0 Å². The van der Waals surface area contributed by atoms with E-state index in [4.69, 9.17) is 0 Å². The van der Waals surface area contributed by atoms with E-state index in [2.05, 4.69) is 12.2 Å². The molecule has 0 aromatic heterocycles. The normalized spacial score (nSPS) is 31.4. The highest BCUT2D eigenvalue weighted by molar-refractivity contribution is 5.75. The van der Waals surface area contributed by atoms with Crippen LogP contribution >= 0.6 is 0 Å². The fraction of sp³-hybridized carbons (Fsp3) is 0.792. The lowest BCUT2D eigenvalue weighted by molar-refractivity contribution is -0.128. The van der Waals surface area contributed by atoms with Gasteiger partial charge in [0.05, 0.1) is 12.2 Å². The number of hydrogen-bond donors (Lipinski definition) is 2. The van der Waals surface area contributed by atoms with E-state index in [1.807, 2.05) is 20.2 Å². The number of carbonyl (C=O) groups excluding carboxylic acids is 1. The Morgan fingerprint density at radius 1 is 1.29 bits per heavy atom. The van der Waals surface area contributed by atoms with Gasteiger partial charge in [0.15, 0.2) is 0 Å². The molecule has 2 N–H and O–H groups in total. The molecule has 158 valence electrons. The van der Waals surface area contributed by atoms with E-state index in [1.165, 1.54) is 31.3 Å². The van der Waals surface area contributed by atoms with E-state index in [9.17, 15) is 15.0 Å². The number of amides is 1. The van der Waals surface area contributed by atoms with Crippen LogP contribution in [0.15, 0.2) is 23.8 Å². The number of unbranched alkanes of at least 4 members (excludes halogenated alkanes) is 1. The minimum Gasteiger partial charge on any atom is -0.392 e. The molecule has 0 radical (unpaired) electrons. The summed E-state index contributed by atoms with van der Waals surface area (Å²) in [6, 6.07) is 0. The molecule has 4 nitrogen and oxygen atoms in total. The van der Waals surface area contributed by atoms with Gasteiger partial charge in [-0.25, -0.2) is 0 Å². The van der Waals surface area contributed by atoms with Crippen LogP contribution in [0, 0.1) is 23.7 Å². The Morgan fingerprint density at radius 3 is 2.75 bits per heavy atom. The summed E-state index contributed by atoms with van der Waals surface area (Å²) >= 11 is 0. The van der Waals surface area contributed by atoms with E-state index in [1.54, 1.807) is 4.90 Å². The molecule has 0 aromatic rings. The second-order valence-electron chi connectivity index (χ2n) is 9.57. The zero-order valence-electron chi connectivity index (χ0n) is 17.7. The topological polar surface area (TPSA) is 60.8 Å². The van der Waals surface area contributed by atoms with Crippen molar-refractivity contribution in [2.45, 2.75) is 82.8 Å². The first-order valence-electron chi connectivity index (χ1n) is 11.4. The van der Waals surface area contributed by atoms with Crippen LogP contribution in [-0.4, -0.2) is 47.3 Å². The molecular formula is C24H39NO3. The molecule has 3 aliphatic rings. The Balaban J connectivity index is 1.43. The Labute approximate surface area is 170 Å². The third-order valence-electron chi connectivity index (χ3n) is 7.19. The van der Waals surface area contributed by atoms with E-state index in [-0.39, 0.29) is 24.0 Å². The second kappa shape index (κ2) is 10.1. The van der Waals surface area contributed by atoms with Crippen LogP contribution < -0.4 is 0 Å². The Bertz CT molecular complexity index is 576. The number of aliphatic hydroxyl groups is 2. The van der Waals surface area contributed by atoms with Crippen LogP contribution in [0.25, 0.3) is 0 Å². The molecule has 0 bridgehead atoms. The van der Waals surface area contributed by atoms with E-state index < -0.39 is 0 Å². The van der Waals surface area contributed by atoms with Crippen LogP contribution in [0.3, 0.4) is 0 Å². The van der Waals surface area contributed by atoms with Crippen molar-refractivity contribution in [2.24, 2.45) is 23.7 Å². The molecule has 0 aliphatic heterocycles. The van der Waals surface area contributed by atoms with Crippen molar-refractivity contribution < 1.29 is 15.0 Å². The van der Waals surface area contributed by atoms with Crippen LogP contribution in [0.2, 0.25) is 0 Å². The maximum Gasteiger partial charge on any atom is 0.222 e. The van der Waals surface area contributed by atoms with Crippen LogP contribution in [0.5, 0.6) is 0 Å². The summed E-state index contributed by atoms with van der Waals surface area (Å²) in [5, 5.41) is 20.9. The van der Waals surface area contributed by atoms with Gasteiger partial charge in [-0.3, -0.25) is 4.79 Å². The highest BCUT2D eigenvalue weighted by Gasteiger charge is 2.43. The predicted molar refractivity (Wildman–Crippen MR) is 113 cm³/mol. The minimum atomic E-state index is -0.364. The molecule has 3 aliphatic carbocycles. The minimum absolute atomic E-state index is 0.173. The van der Waals surface area contributed by atoms with Gasteiger partial charge in [-0.05, 0) is 56.3 Å². The lowest BCUT2D eigenvalue weighted by atomic mass is 9.88. The van der Waals surface area contributed by atoms with Gasteiger partial charge in [0, 0.05) is 26.4 Å². The summed E-state index contributed by atoms with van der Waals surface area (Å²) < 4.78 is 0.